The molecule has 0 aliphatic carbocycles. The minimum Gasteiger partial charge on any atom is -0.277 e. The monoisotopic (exact) mass is 207 g/mol. The molecule has 5 heteroatoms. The first kappa shape index (κ1) is 9.29. The Balaban J connectivity index is 2.94. The summed E-state index contributed by atoms with van der Waals surface area (Å²) >= 11 is 10.3. The Morgan fingerprint density at radius 3 is 2.83 bits per heavy atom. The molecule has 0 atom stereocenters. The lowest BCUT2D eigenvalue weighted by molar-refractivity contribution is 0.383. The first-order valence-electron chi connectivity index (χ1n) is 3.00. The van der Waals surface area contributed by atoms with Crippen LogP contribution in [0.2, 0.25) is 5.02 Å². The van der Waals surface area contributed by atoms with Gasteiger partial charge in [-0.05, 0) is 18.2 Å². The number of halogens is 3. The lowest BCUT2D eigenvalue weighted by Crippen LogP contribution is -1.87. The molecule has 0 saturated heterocycles. The van der Waals surface area contributed by atoms with Crippen molar-refractivity contribution in [3.05, 3.63) is 34.6 Å². The molecule has 0 aliphatic rings. The summed E-state index contributed by atoms with van der Waals surface area (Å²) < 4.78 is 16.8. The Kier molecular flexibility index (Phi) is 3.31. The summed E-state index contributed by atoms with van der Waals surface area (Å²) in [5, 5.41) is 3.52. The van der Waals surface area contributed by atoms with Crippen molar-refractivity contribution < 1.29 is 8.78 Å². The van der Waals surface area contributed by atoms with E-state index >= 15 is 0 Å². The summed E-state index contributed by atoms with van der Waals surface area (Å²) in [6.45, 7) is 0. The second kappa shape index (κ2) is 4.28. The van der Waals surface area contributed by atoms with Gasteiger partial charge >= 0.3 is 0 Å². The van der Waals surface area contributed by atoms with Gasteiger partial charge in [0, 0.05) is 10.6 Å². The maximum atomic E-state index is 12.9. The first-order chi connectivity index (χ1) is 5.74. The van der Waals surface area contributed by atoms with Crippen molar-refractivity contribution in [3.8, 4) is 0 Å². The molecule has 0 saturated carbocycles. The highest BCUT2D eigenvalue weighted by Gasteiger charge is 1.99. The van der Waals surface area contributed by atoms with Crippen molar-refractivity contribution in [2.45, 2.75) is 0 Å². The van der Waals surface area contributed by atoms with Crippen LogP contribution in [0.15, 0.2) is 23.4 Å². The fourth-order valence-electron chi connectivity index (χ4n) is 0.683. The Morgan fingerprint density at radius 1 is 1.50 bits per heavy atom. The zero-order valence-corrected chi connectivity index (χ0v) is 7.31. The fraction of sp³-hybridized carbons (Fsp3) is 0. The fourth-order valence-corrected chi connectivity index (χ4v) is 0.882. The highest BCUT2D eigenvalue weighted by molar-refractivity contribution is 6.30. The molecule has 0 aromatic heterocycles. The molecule has 12 heavy (non-hydrogen) atoms. The highest BCUT2D eigenvalue weighted by Crippen LogP contribution is 2.12. The minimum atomic E-state index is -0.472. The van der Waals surface area contributed by atoms with Gasteiger partial charge in [0.05, 0.1) is 6.21 Å². The van der Waals surface area contributed by atoms with Gasteiger partial charge in [0.2, 0.25) is 0 Å². The Morgan fingerprint density at radius 2 is 2.25 bits per heavy atom. The SMILES string of the molecule is Fc1cc(Cl)ccc1C=NOCl. The third kappa shape index (κ3) is 2.36. The van der Waals surface area contributed by atoms with Crippen molar-refractivity contribution in [1.82, 2.24) is 0 Å². The number of hydrogen-bond donors (Lipinski definition) is 0. The number of nitrogens with zero attached hydrogens (tertiary/aromatic N) is 1. The molecule has 64 valence electrons. The molecule has 0 bridgehead atoms. The topological polar surface area (TPSA) is 21.6 Å². The Bertz CT molecular complexity index is 303. The summed E-state index contributed by atoms with van der Waals surface area (Å²) in [5.74, 6) is -0.472. The van der Waals surface area contributed by atoms with Crippen LogP contribution in [0, 0.1) is 5.82 Å². The molecule has 1 rings (SSSR count). The summed E-state index contributed by atoms with van der Waals surface area (Å²) in [4.78, 5) is 0. The van der Waals surface area contributed by atoms with E-state index in [2.05, 4.69) is 9.55 Å². The summed E-state index contributed by atoms with van der Waals surface area (Å²) in [7, 11) is 0. The molecule has 0 spiro atoms. The van der Waals surface area contributed by atoms with E-state index in [9.17, 15) is 4.39 Å². The van der Waals surface area contributed by atoms with Gasteiger partial charge in [-0.3, -0.25) is 4.39 Å². The highest BCUT2D eigenvalue weighted by atomic mass is 35.5. The van der Waals surface area contributed by atoms with Crippen LogP contribution < -0.4 is 0 Å². The Hall–Kier alpha value is -0.800. The van der Waals surface area contributed by atoms with Crippen LogP contribution in [-0.2, 0) is 4.39 Å². The molecule has 0 unspecified atom stereocenters. The zero-order valence-electron chi connectivity index (χ0n) is 5.80. The number of hydrogen-bond acceptors (Lipinski definition) is 2. The predicted octanol–water partition coefficient (Wildman–Crippen LogP) is 2.98. The first-order valence-corrected chi connectivity index (χ1v) is 3.69. The average Bonchev–Trinajstić information content (AvgIpc) is 2.03. The second-order valence-electron chi connectivity index (χ2n) is 1.97. The van der Waals surface area contributed by atoms with Crippen LogP contribution in [0.25, 0.3) is 0 Å². The second-order valence-corrected chi connectivity index (χ2v) is 2.54. The van der Waals surface area contributed by atoms with Crippen molar-refractivity contribution in [1.29, 1.82) is 0 Å². The van der Waals surface area contributed by atoms with E-state index in [4.69, 9.17) is 23.5 Å². The molecule has 0 heterocycles. The lowest BCUT2D eigenvalue weighted by atomic mass is 10.2. The van der Waals surface area contributed by atoms with E-state index in [0.717, 1.165) is 6.21 Å². The van der Waals surface area contributed by atoms with Crippen LogP contribution >= 0.6 is 23.5 Å². The molecule has 0 N–H and O–H groups in total. The van der Waals surface area contributed by atoms with Gasteiger partial charge in [0.15, 0.2) is 11.9 Å². The molecule has 0 radical (unpaired) electrons. The largest absolute Gasteiger partial charge is 0.277 e. The minimum absolute atomic E-state index is 0.264. The van der Waals surface area contributed by atoms with Gasteiger partial charge in [-0.15, -0.1) is 0 Å². The van der Waals surface area contributed by atoms with Gasteiger partial charge in [-0.25, -0.2) is 4.39 Å². The van der Waals surface area contributed by atoms with Gasteiger partial charge in [0.1, 0.15) is 5.82 Å². The summed E-state index contributed by atoms with van der Waals surface area (Å²) in [6, 6.07) is 4.19. The molecular formula is C7H4Cl2FNO. The van der Waals surface area contributed by atoms with E-state index in [-0.39, 0.29) is 5.56 Å². The normalized spacial score (nSPS) is 10.6. The summed E-state index contributed by atoms with van der Waals surface area (Å²) in [5.41, 5.74) is 0.264. The smallest absolute Gasteiger partial charge is 0.167 e. The molecule has 1 aromatic rings. The van der Waals surface area contributed by atoms with E-state index in [1.807, 2.05) is 0 Å². The van der Waals surface area contributed by atoms with Crippen molar-refractivity contribution in [2.75, 3.05) is 0 Å². The number of oxime groups is 1. The summed E-state index contributed by atoms with van der Waals surface area (Å²) in [6.07, 6.45) is 1.15. The van der Waals surface area contributed by atoms with Crippen LogP contribution in [0.3, 0.4) is 0 Å². The third-order valence-corrected chi connectivity index (χ3v) is 1.51. The molecule has 1 aromatic carbocycles. The molecule has 2 nitrogen and oxygen atoms in total. The van der Waals surface area contributed by atoms with Crippen LogP contribution in [0.4, 0.5) is 4.39 Å². The van der Waals surface area contributed by atoms with E-state index in [1.54, 1.807) is 6.07 Å². The van der Waals surface area contributed by atoms with Crippen molar-refractivity contribution >= 4 is 29.7 Å². The predicted molar refractivity (Wildman–Crippen MR) is 45.9 cm³/mol. The van der Waals surface area contributed by atoms with Gasteiger partial charge < -0.3 is 0 Å². The maximum absolute atomic E-state index is 12.9. The van der Waals surface area contributed by atoms with E-state index in [1.165, 1.54) is 12.1 Å². The van der Waals surface area contributed by atoms with Crippen molar-refractivity contribution in [2.24, 2.45) is 5.16 Å². The van der Waals surface area contributed by atoms with E-state index < -0.39 is 5.82 Å². The molecule has 0 aliphatic heterocycles. The van der Waals surface area contributed by atoms with Crippen LogP contribution in [0.1, 0.15) is 5.56 Å². The standard InChI is InChI=1S/C7H4Cl2FNO/c8-6-2-1-5(4-11-12-9)7(10)3-6/h1-4H. The third-order valence-electron chi connectivity index (χ3n) is 1.19. The number of rotatable bonds is 2. The van der Waals surface area contributed by atoms with Gasteiger partial charge in [-0.1, -0.05) is 16.8 Å². The van der Waals surface area contributed by atoms with Gasteiger partial charge in [-0.2, -0.15) is 0 Å². The van der Waals surface area contributed by atoms with Crippen LogP contribution in [0.5, 0.6) is 0 Å². The Labute approximate surface area is 78.7 Å². The maximum Gasteiger partial charge on any atom is 0.167 e. The molecular weight excluding hydrogens is 204 g/mol. The average molecular weight is 208 g/mol. The van der Waals surface area contributed by atoms with Gasteiger partial charge in [0.25, 0.3) is 0 Å². The molecule has 0 fully saturated rings. The molecule has 0 amide bonds. The lowest BCUT2D eigenvalue weighted by Gasteiger charge is -1.94. The quantitative estimate of drug-likeness (QED) is 0.540. The van der Waals surface area contributed by atoms with E-state index in [0.29, 0.717) is 5.02 Å². The van der Waals surface area contributed by atoms with Crippen LogP contribution in [-0.4, -0.2) is 6.21 Å². The number of benzene rings is 1. The van der Waals surface area contributed by atoms with Crippen molar-refractivity contribution in [3.63, 3.8) is 0 Å². The zero-order chi connectivity index (χ0) is 8.97.